The number of fused-ring (bicyclic) bond motifs is 3. The first kappa shape index (κ1) is 46.5. The number of esters is 2. The standard InChI is InChI=1S/C18H16O2S2.C17H14O2S2.C16H12O3S2/c1-11-8-9-12(2)17-16(11)15(10-21-17)22-14-7-5-4-6-13(14)18(19)20-3;1-11-7-8-12-15(9-11)20-10-16(12)21-14-6-4-3-5-13(14)17(18)19-2;1-19-12-7-4-6-10-14(9-20-15(10)12)21-13-8-3-2-5-11(13)16(17)18/h4-10H,1-3H3;3-10H,1-2H3;2-9H,1H3,(H,17,18). The summed E-state index contributed by atoms with van der Waals surface area (Å²) < 4.78 is 18.8. The molecular formula is C51H42O7S6. The Balaban J connectivity index is 0.000000144. The topological polar surface area (TPSA) is 99.1 Å². The van der Waals surface area contributed by atoms with Crippen molar-refractivity contribution in [3.05, 3.63) is 171 Å². The highest BCUT2D eigenvalue weighted by Gasteiger charge is 2.18. The normalized spacial score (nSPS) is 10.8. The average molecular weight is 959 g/mol. The van der Waals surface area contributed by atoms with Gasteiger partial charge in [0.05, 0.1) is 42.7 Å². The summed E-state index contributed by atoms with van der Waals surface area (Å²) in [6, 6.07) is 38.8. The molecular weight excluding hydrogens is 917 g/mol. The minimum absolute atomic E-state index is 0.296. The zero-order valence-electron chi connectivity index (χ0n) is 35.6. The fraction of sp³-hybridized carbons (Fsp3) is 0.118. The van der Waals surface area contributed by atoms with Crippen LogP contribution < -0.4 is 4.74 Å². The van der Waals surface area contributed by atoms with Crippen LogP contribution in [0.15, 0.2) is 167 Å². The Kier molecular flexibility index (Phi) is 15.6. The number of hydrogen-bond donors (Lipinski definition) is 1. The van der Waals surface area contributed by atoms with E-state index in [1.807, 2.05) is 72.1 Å². The van der Waals surface area contributed by atoms with Crippen molar-refractivity contribution in [3.8, 4) is 5.75 Å². The summed E-state index contributed by atoms with van der Waals surface area (Å²) in [5.74, 6) is -0.657. The molecule has 64 heavy (non-hydrogen) atoms. The molecule has 324 valence electrons. The molecule has 6 aromatic carbocycles. The Morgan fingerprint density at radius 3 is 1.62 bits per heavy atom. The fourth-order valence-electron chi connectivity index (χ4n) is 6.68. The molecule has 3 heterocycles. The van der Waals surface area contributed by atoms with E-state index in [1.54, 1.807) is 88.9 Å². The van der Waals surface area contributed by atoms with Crippen LogP contribution in [0.2, 0.25) is 0 Å². The number of hydrogen-bond acceptors (Lipinski definition) is 12. The number of carboxylic acids is 1. The molecule has 0 aliphatic rings. The van der Waals surface area contributed by atoms with E-state index in [2.05, 4.69) is 61.9 Å². The maximum atomic E-state index is 11.9. The first-order valence-corrected chi connectivity index (χ1v) is 24.8. The van der Waals surface area contributed by atoms with E-state index in [0.717, 1.165) is 35.4 Å². The Labute approximate surface area is 396 Å². The van der Waals surface area contributed by atoms with Crippen molar-refractivity contribution in [2.75, 3.05) is 21.3 Å². The summed E-state index contributed by atoms with van der Waals surface area (Å²) in [7, 11) is 4.48. The molecule has 0 atom stereocenters. The number of aromatic carboxylic acids is 1. The van der Waals surface area contributed by atoms with E-state index in [1.165, 1.54) is 72.6 Å². The number of rotatable bonds is 10. The molecule has 9 aromatic rings. The molecule has 0 aliphatic carbocycles. The minimum atomic E-state index is -0.907. The maximum absolute atomic E-state index is 11.9. The number of carbonyl (C=O) groups is 3. The largest absolute Gasteiger partial charge is 0.495 e. The van der Waals surface area contributed by atoms with E-state index in [9.17, 15) is 19.5 Å². The van der Waals surface area contributed by atoms with Gasteiger partial charge in [-0.1, -0.05) is 108 Å². The van der Waals surface area contributed by atoms with Crippen LogP contribution in [-0.4, -0.2) is 44.3 Å². The van der Waals surface area contributed by atoms with Gasteiger partial charge in [-0.2, -0.15) is 0 Å². The minimum Gasteiger partial charge on any atom is -0.495 e. The molecule has 9 rings (SSSR count). The Bertz CT molecular complexity index is 3130. The van der Waals surface area contributed by atoms with E-state index in [4.69, 9.17) is 14.2 Å². The second kappa shape index (κ2) is 21.4. The van der Waals surface area contributed by atoms with Crippen molar-refractivity contribution in [2.24, 2.45) is 0 Å². The lowest BCUT2D eigenvalue weighted by atomic mass is 10.1. The molecule has 0 unspecified atom stereocenters. The van der Waals surface area contributed by atoms with Gasteiger partial charge in [0.25, 0.3) is 0 Å². The van der Waals surface area contributed by atoms with Crippen molar-refractivity contribution in [3.63, 3.8) is 0 Å². The number of carbonyl (C=O) groups excluding carboxylic acids is 2. The second-order valence-electron chi connectivity index (χ2n) is 14.1. The van der Waals surface area contributed by atoms with Gasteiger partial charge in [-0.15, -0.1) is 34.0 Å². The molecule has 7 nitrogen and oxygen atoms in total. The highest BCUT2D eigenvalue weighted by molar-refractivity contribution is 8.00. The molecule has 0 amide bonds. The van der Waals surface area contributed by atoms with Crippen molar-refractivity contribution < 1.29 is 33.7 Å². The van der Waals surface area contributed by atoms with Crippen LogP contribution in [0, 0.1) is 20.8 Å². The summed E-state index contributed by atoms with van der Waals surface area (Å²) in [6.07, 6.45) is 0. The van der Waals surface area contributed by atoms with Gasteiger partial charge in [-0.25, -0.2) is 14.4 Å². The van der Waals surface area contributed by atoms with Crippen LogP contribution in [0.25, 0.3) is 30.3 Å². The lowest BCUT2D eigenvalue weighted by molar-refractivity contribution is 0.0588. The fourth-order valence-corrected chi connectivity index (χ4v) is 13.6. The lowest BCUT2D eigenvalue weighted by Gasteiger charge is -2.08. The van der Waals surface area contributed by atoms with E-state index in [0.29, 0.717) is 16.7 Å². The van der Waals surface area contributed by atoms with Crippen LogP contribution in [0.5, 0.6) is 5.75 Å². The second-order valence-corrected chi connectivity index (χ2v) is 20.0. The van der Waals surface area contributed by atoms with Gasteiger partial charge in [0.1, 0.15) is 5.75 Å². The lowest BCUT2D eigenvalue weighted by Crippen LogP contribution is -2.02. The molecule has 13 heteroatoms. The number of ether oxygens (including phenoxy) is 3. The third-order valence-electron chi connectivity index (χ3n) is 9.90. The molecule has 0 spiro atoms. The van der Waals surface area contributed by atoms with Crippen molar-refractivity contribution in [1.29, 1.82) is 0 Å². The van der Waals surface area contributed by atoms with Crippen LogP contribution in [0.1, 0.15) is 47.8 Å². The number of aryl methyl sites for hydroxylation is 3. The van der Waals surface area contributed by atoms with Gasteiger partial charge in [0.15, 0.2) is 0 Å². The summed E-state index contributed by atoms with van der Waals surface area (Å²) in [5.41, 5.74) is 5.36. The first-order chi connectivity index (χ1) is 31.0. The molecule has 0 saturated heterocycles. The quantitative estimate of drug-likeness (QED) is 0.133. The van der Waals surface area contributed by atoms with Crippen molar-refractivity contribution >= 4 is 117 Å². The number of benzene rings is 6. The van der Waals surface area contributed by atoms with E-state index >= 15 is 0 Å². The molecule has 0 radical (unpaired) electrons. The number of carboxylic acid groups (broad SMARTS) is 1. The SMILES string of the molecule is COC(=O)c1ccccc1Sc1csc2c(C)ccc(C)c12.COC(=O)c1ccccc1Sc1csc2cc(C)ccc12.COc1cccc2c(Sc3ccccc3C(=O)O)csc12. The van der Waals surface area contributed by atoms with E-state index < -0.39 is 5.97 Å². The molecule has 0 saturated carbocycles. The summed E-state index contributed by atoms with van der Waals surface area (Å²) in [6.45, 7) is 6.36. The van der Waals surface area contributed by atoms with Crippen LogP contribution >= 0.6 is 69.3 Å². The Hall–Kier alpha value is -5.54. The molecule has 3 aromatic heterocycles. The van der Waals surface area contributed by atoms with Gasteiger partial charge >= 0.3 is 17.9 Å². The summed E-state index contributed by atoms with van der Waals surface area (Å²) in [5, 5.41) is 19.2. The predicted octanol–water partition coefficient (Wildman–Crippen LogP) is 15.4. The highest BCUT2D eigenvalue weighted by Crippen LogP contribution is 2.44. The molecule has 0 bridgehead atoms. The smallest absolute Gasteiger partial charge is 0.339 e. The van der Waals surface area contributed by atoms with Crippen LogP contribution in [-0.2, 0) is 9.47 Å². The van der Waals surface area contributed by atoms with Crippen LogP contribution in [0.4, 0.5) is 0 Å². The van der Waals surface area contributed by atoms with Gasteiger partial charge in [0.2, 0.25) is 0 Å². The van der Waals surface area contributed by atoms with Gasteiger partial charge in [-0.3, -0.25) is 0 Å². The Morgan fingerprint density at radius 2 is 1.02 bits per heavy atom. The molecule has 0 fully saturated rings. The zero-order chi connectivity index (χ0) is 45.3. The summed E-state index contributed by atoms with van der Waals surface area (Å²) >= 11 is 9.80. The molecule has 1 N–H and O–H groups in total. The first-order valence-electron chi connectivity index (χ1n) is 19.7. The van der Waals surface area contributed by atoms with Crippen LogP contribution in [0.3, 0.4) is 0 Å². The zero-order valence-corrected chi connectivity index (χ0v) is 40.5. The molecule has 0 aliphatic heterocycles. The third-order valence-corrected chi connectivity index (χ3v) is 16.8. The number of thiophene rings is 3. The van der Waals surface area contributed by atoms with Gasteiger partial charge in [-0.05, 0) is 86.0 Å². The Morgan fingerprint density at radius 1 is 0.500 bits per heavy atom. The van der Waals surface area contributed by atoms with Crippen molar-refractivity contribution in [2.45, 2.75) is 50.1 Å². The van der Waals surface area contributed by atoms with Crippen molar-refractivity contribution in [1.82, 2.24) is 0 Å². The monoisotopic (exact) mass is 958 g/mol. The van der Waals surface area contributed by atoms with Gasteiger partial charge < -0.3 is 19.3 Å². The highest BCUT2D eigenvalue weighted by atomic mass is 32.2. The number of methoxy groups -OCH3 is 3. The predicted molar refractivity (Wildman–Crippen MR) is 268 cm³/mol. The third kappa shape index (κ3) is 10.5. The summed E-state index contributed by atoms with van der Waals surface area (Å²) in [4.78, 5) is 41.0. The van der Waals surface area contributed by atoms with Gasteiger partial charge in [0, 0.05) is 71.1 Å². The average Bonchev–Trinajstić information content (AvgIpc) is 4.05. The maximum Gasteiger partial charge on any atom is 0.339 e. The van der Waals surface area contributed by atoms with E-state index in [-0.39, 0.29) is 11.9 Å².